The average Bonchev–Trinajstić information content (AvgIpc) is 2.92. The number of aromatic nitrogens is 2. The molecular weight excluding hydrogens is 355 g/mol. The normalized spacial score (nSPS) is 11.2. The van der Waals surface area contributed by atoms with Gasteiger partial charge < -0.3 is 15.9 Å². The van der Waals surface area contributed by atoms with Crippen molar-refractivity contribution >= 4 is 34.1 Å². The van der Waals surface area contributed by atoms with Crippen LogP contribution in [0.3, 0.4) is 0 Å². The Kier molecular flexibility index (Phi) is 3.77. The fourth-order valence-corrected chi connectivity index (χ4v) is 3.11. The van der Waals surface area contributed by atoms with Gasteiger partial charge in [-0.3, -0.25) is 9.97 Å². The number of rotatable bonds is 2. The molecular formula is C19H14ClFN4O. The SMILES string of the molecule is Cc1cc(-c2ncc(-c3ccc(F)c(Cl)c3)c3c(N)c(N)oc23)ccn1. The summed E-state index contributed by atoms with van der Waals surface area (Å²) < 4.78 is 19.2. The summed E-state index contributed by atoms with van der Waals surface area (Å²) in [6, 6.07) is 8.15. The summed E-state index contributed by atoms with van der Waals surface area (Å²) in [7, 11) is 0. The smallest absolute Gasteiger partial charge is 0.215 e. The number of nitrogen functional groups attached to an aromatic ring is 2. The Bertz CT molecular complexity index is 1160. The molecule has 4 rings (SSSR count). The molecule has 0 saturated carbocycles. The van der Waals surface area contributed by atoms with Crippen LogP contribution in [0.4, 0.5) is 16.0 Å². The fraction of sp³-hybridized carbons (Fsp3) is 0.0526. The van der Waals surface area contributed by atoms with Crippen molar-refractivity contribution in [3.8, 4) is 22.4 Å². The van der Waals surface area contributed by atoms with Crippen LogP contribution in [0.5, 0.6) is 0 Å². The van der Waals surface area contributed by atoms with E-state index in [9.17, 15) is 4.39 Å². The van der Waals surface area contributed by atoms with Crippen LogP contribution in [-0.2, 0) is 0 Å². The molecule has 3 heterocycles. The Morgan fingerprint density at radius 3 is 2.62 bits per heavy atom. The molecule has 0 saturated heterocycles. The van der Waals surface area contributed by atoms with Crippen molar-refractivity contribution in [3.63, 3.8) is 0 Å². The maximum absolute atomic E-state index is 13.5. The summed E-state index contributed by atoms with van der Waals surface area (Å²) in [6.45, 7) is 1.89. The number of hydrogen-bond donors (Lipinski definition) is 2. The molecule has 5 nitrogen and oxygen atoms in total. The largest absolute Gasteiger partial charge is 0.436 e. The van der Waals surface area contributed by atoms with E-state index in [1.54, 1.807) is 18.5 Å². The van der Waals surface area contributed by atoms with Crippen molar-refractivity contribution in [1.29, 1.82) is 0 Å². The number of furan rings is 1. The van der Waals surface area contributed by atoms with Crippen LogP contribution in [0.1, 0.15) is 5.69 Å². The van der Waals surface area contributed by atoms with Crippen LogP contribution in [0.2, 0.25) is 5.02 Å². The highest BCUT2D eigenvalue weighted by molar-refractivity contribution is 6.31. The molecule has 0 amide bonds. The number of hydrogen-bond acceptors (Lipinski definition) is 5. The quantitative estimate of drug-likeness (QED) is 0.529. The monoisotopic (exact) mass is 368 g/mol. The highest BCUT2D eigenvalue weighted by Crippen LogP contribution is 2.42. The number of benzene rings is 1. The number of halogens is 2. The first-order valence-electron chi connectivity index (χ1n) is 7.80. The Hall–Kier alpha value is -3.12. The minimum Gasteiger partial charge on any atom is -0.436 e. The zero-order valence-electron chi connectivity index (χ0n) is 13.8. The second-order valence-electron chi connectivity index (χ2n) is 5.92. The van der Waals surface area contributed by atoms with E-state index < -0.39 is 5.82 Å². The summed E-state index contributed by atoms with van der Waals surface area (Å²) in [5, 5.41) is 0.629. The molecule has 0 bridgehead atoms. The number of nitrogens with zero attached hydrogens (tertiary/aromatic N) is 2. The Morgan fingerprint density at radius 1 is 1.08 bits per heavy atom. The molecule has 0 aliphatic heterocycles. The molecule has 0 spiro atoms. The van der Waals surface area contributed by atoms with Crippen molar-refractivity contribution < 1.29 is 8.81 Å². The van der Waals surface area contributed by atoms with E-state index in [4.69, 9.17) is 27.5 Å². The van der Waals surface area contributed by atoms with Crippen LogP contribution in [0.25, 0.3) is 33.4 Å². The molecule has 1 aromatic carbocycles. The van der Waals surface area contributed by atoms with Gasteiger partial charge in [0.1, 0.15) is 17.2 Å². The lowest BCUT2D eigenvalue weighted by molar-refractivity contribution is 0.628. The van der Waals surface area contributed by atoms with Gasteiger partial charge in [0.05, 0.1) is 10.4 Å². The van der Waals surface area contributed by atoms with Gasteiger partial charge in [0.2, 0.25) is 5.88 Å². The highest BCUT2D eigenvalue weighted by atomic mass is 35.5. The third kappa shape index (κ3) is 2.55. The van der Waals surface area contributed by atoms with Gasteiger partial charge in [0.25, 0.3) is 0 Å². The summed E-state index contributed by atoms with van der Waals surface area (Å²) in [5.41, 5.74) is 16.4. The van der Waals surface area contributed by atoms with E-state index in [1.807, 2.05) is 19.1 Å². The van der Waals surface area contributed by atoms with E-state index in [2.05, 4.69) is 9.97 Å². The first-order valence-corrected chi connectivity index (χ1v) is 8.18. The topological polar surface area (TPSA) is 91.0 Å². The lowest BCUT2D eigenvalue weighted by Crippen LogP contribution is -1.93. The summed E-state index contributed by atoms with van der Waals surface area (Å²) in [4.78, 5) is 8.72. The van der Waals surface area contributed by atoms with Gasteiger partial charge in [0.15, 0.2) is 5.58 Å². The second kappa shape index (κ2) is 6.00. The Morgan fingerprint density at radius 2 is 1.88 bits per heavy atom. The van der Waals surface area contributed by atoms with E-state index in [0.29, 0.717) is 33.5 Å². The van der Waals surface area contributed by atoms with Crippen LogP contribution in [0, 0.1) is 12.7 Å². The summed E-state index contributed by atoms with van der Waals surface area (Å²) in [6.07, 6.45) is 3.35. The van der Waals surface area contributed by atoms with Crippen LogP contribution < -0.4 is 11.5 Å². The van der Waals surface area contributed by atoms with Crippen LogP contribution in [0.15, 0.2) is 47.1 Å². The molecule has 4 aromatic rings. The number of anilines is 2. The second-order valence-corrected chi connectivity index (χ2v) is 6.33. The van der Waals surface area contributed by atoms with Crippen molar-refractivity contribution in [2.24, 2.45) is 0 Å². The van der Waals surface area contributed by atoms with Gasteiger partial charge in [-0.25, -0.2) is 4.39 Å². The number of pyridine rings is 2. The third-order valence-electron chi connectivity index (χ3n) is 4.18. The molecule has 0 radical (unpaired) electrons. The number of fused-ring (bicyclic) bond motifs is 1. The molecule has 0 unspecified atom stereocenters. The van der Waals surface area contributed by atoms with E-state index in [0.717, 1.165) is 11.3 Å². The molecule has 0 atom stereocenters. The first kappa shape index (κ1) is 16.4. The molecule has 26 heavy (non-hydrogen) atoms. The number of aryl methyl sites for hydroxylation is 1. The fourth-order valence-electron chi connectivity index (χ4n) is 2.93. The molecule has 0 fully saturated rings. The zero-order chi connectivity index (χ0) is 18.4. The van der Waals surface area contributed by atoms with Crippen molar-refractivity contribution in [3.05, 3.63) is 59.3 Å². The predicted octanol–water partition coefficient (Wildman–Crippen LogP) is 4.82. The Balaban J connectivity index is 2.03. The average molecular weight is 369 g/mol. The highest BCUT2D eigenvalue weighted by Gasteiger charge is 2.20. The molecule has 0 aliphatic rings. The van der Waals surface area contributed by atoms with Crippen LogP contribution >= 0.6 is 11.6 Å². The lowest BCUT2D eigenvalue weighted by Gasteiger charge is -2.08. The molecule has 7 heteroatoms. The molecule has 3 aromatic heterocycles. The van der Waals surface area contributed by atoms with Gasteiger partial charge in [0, 0.05) is 29.2 Å². The minimum atomic E-state index is -0.497. The van der Waals surface area contributed by atoms with Gasteiger partial charge >= 0.3 is 0 Å². The number of nitrogens with two attached hydrogens (primary N) is 2. The van der Waals surface area contributed by atoms with Gasteiger partial charge in [-0.15, -0.1) is 0 Å². The lowest BCUT2D eigenvalue weighted by atomic mass is 10.0. The van der Waals surface area contributed by atoms with Crippen LogP contribution in [-0.4, -0.2) is 9.97 Å². The molecule has 4 N–H and O–H groups in total. The van der Waals surface area contributed by atoms with E-state index in [1.165, 1.54) is 12.1 Å². The minimum absolute atomic E-state index is 0.0134. The van der Waals surface area contributed by atoms with Gasteiger partial charge in [-0.1, -0.05) is 17.7 Å². The molecule has 0 aliphatic carbocycles. The zero-order valence-corrected chi connectivity index (χ0v) is 14.5. The van der Waals surface area contributed by atoms with Crippen molar-refractivity contribution in [2.75, 3.05) is 11.5 Å². The third-order valence-corrected chi connectivity index (χ3v) is 4.47. The maximum atomic E-state index is 13.5. The van der Waals surface area contributed by atoms with E-state index in [-0.39, 0.29) is 10.9 Å². The summed E-state index contributed by atoms with van der Waals surface area (Å²) in [5.74, 6) is -0.391. The maximum Gasteiger partial charge on any atom is 0.215 e. The first-order chi connectivity index (χ1) is 12.5. The summed E-state index contributed by atoms with van der Waals surface area (Å²) >= 11 is 5.92. The Labute approximate surface area is 153 Å². The van der Waals surface area contributed by atoms with Gasteiger partial charge in [-0.2, -0.15) is 0 Å². The van der Waals surface area contributed by atoms with Crippen molar-refractivity contribution in [1.82, 2.24) is 9.97 Å². The van der Waals surface area contributed by atoms with Gasteiger partial charge in [-0.05, 0) is 36.8 Å². The molecule has 130 valence electrons. The van der Waals surface area contributed by atoms with Crippen molar-refractivity contribution in [2.45, 2.75) is 6.92 Å². The standard InChI is InChI=1S/C19H14ClFN4O/c1-9-6-11(4-5-24-9)17-18-15(16(22)19(23)26-18)12(8-25-17)10-2-3-14(21)13(20)7-10/h2-8H,22-23H2,1H3. The van der Waals surface area contributed by atoms with E-state index >= 15 is 0 Å². The predicted molar refractivity (Wildman–Crippen MR) is 101 cm³/mol.